The third-order valence-corrected chi connectivity index (χ3v) is 3.21. The van der Waals surface area contributed by atoms with E-state index in [1.54, 1.807) is 48.7 Å². The lowest BCUT2D eigenvalue weighted by Gasteiger charge is -2.25. The molecule has 1 atom stereocenters. The molecule has 22 heavy (non-hydrogen) atoms. The molecule has 1 aromatic carbocycles. The highest BCUT2D eigenvalue weighted by Gasteiger charge is 2.26. The minimum absolute atomic E-state index is 0.117. The number of anilines is 1. The zero-order chi connectivity index (χ0) is 15.9. The number of aliphatic carboxylic acids is 1. The molecule has 1 aromatic heterocycles. The Bertz CT molecular complexity index is 646. The van der Waals surface area contributed by atoms with Gasteiger partial charge in [0.1, 0.15) is 11.8 Å². The zero-order valence-electron chi connectivity index (χ0n) is 12.0. The van der Waals surface area contributed by atoms with Crippen molar-refractivity contribution >= 4 is 18.1 Å². The van der Waals surface area contributed by atoms with E-state index >= 15 is 0 Å². The average molecular weight is 300 g/mol. The average Bonchev–Trinajstić information content (AvgIpc) is 2.55. The van der Waals surface area contributed by atoms with Gasteiger partial charge in [-0.15, -0.1) is 0 Å². The van der Waals surface area contributed by atoms with Crippen molar-refractivity contribution in [2.45, 2.75) is 12.5 Å². The third kappa shape index (κ3) is 3.60. The molecule has 0 saturated heterocycles. The number of carbonyl (C=O) groups is 2. The Morgan fingerprint density at radius 3 is 2.77 bits per heavy atom. The van der Waals surface area contributed by atoms with Crippen LogP contribution in [-0.2, 0) is 16.0 Å². The van der Waals surface area contributed by atoms with E-state index in [9.17, 15) is 14.7 Å². The van der Waals surface area contributed by atoms with Crippen LogP contribution in [-0.4, -0.2) is 35.6 Å². The lowest BCUT2D eigenvalue weighted by Crippen LogP contribution is -2.42. The number of pyridine rings is 1. The Labute approximate surface area is 128 Å². The van der Waals surface area contributed by atoms with Gasteiger partial charge in [0.25, 0.3) is 0 Å². The number of hydrogen-bond donors (Lipinski definition) is 1. The van der Waals surface area contributed by atoms with Crippen LogP contribution >= 0.6 is 0 Å². The number of methoxy groups -OCH3 is 1. The summed E-state index contributed by atoms with van der Waals surface area (Å²) in [5, 5.41) is 9.46. The summed E-state index contributed by atoms with van der Waals surface area (Å²) >= 11 is 0. The fourth-order valence-electron chi connectivity index (χ4n) is 2.11. The van der Waals surface area contributed by atoms with E-state index in [0.717, 1.165) is 0 Å². The summed E-state index contributed by atoms with van der Waals surface area (Å²) in [5.41, 5.74) is 1.06. The standard InChI is InChI=1S/C16H16N2O4/c1-22-14-7-4-6-13(10-14)18(11-19)15(16(20)21)9-12-5-2-3-8-17-12/h2-8,10-11,15H,9H2,1H3,(H,20,21)/t15-/m0/s1. The van der Waals surface area contributed by atoms with Gasteiger partial charge in [-0.1, -0.05) is 12.1 Å². The second-order valence-electron chi connectivity index (χ2n) is 4.59. The smallest absolute Gasteiger partial charge is 0.327 e. The molecule has 0 aliphatic carbocycles. The molecule has 0 aliphatic rings. The first-order valence-corrected chi connectivity index (χ1v) is 6.66. The SMILES string of the molecule is COc1cccc(N(C=O)[C@@H](Cc2ccccn2)C(=O)O)c1. The lowest BCUT2D eigenvalue weighted by atomic mass is 10.1. The Morgan fingerprint density at radius 2 is 2.18 bits per heavy atom. The summed E-state index contributed by atoms with van der Waals surface area (Å²) < 4.78 is 5.11. The number of ether oxygens (including phenoxy) is 1. The van der Waals surface area contributed by atoms with Crippen molar-refractivity contribution in [2.75, 3.05) is 12.0 Å². The molecular weight excluding hydrogens is 284 g/mol. The Morgan fingerprint density at radius 1 is 1.36 bits per heavy atom. The molecule has 114 valence electrons. The molecule has 0 radical (unpaired) electrons. The van der Waals surface area contributed by atoms with Gasteiger partial charge in [-0.3, -0.25) is 9.78 Å². The minimum Gasteiger partial charge on any atom is -0.497 e. The normalized spacial score (nSPS) is 11.5. The largest absolute Gasteiger partial charge is 0.497 e. The van der Waals surface area contributed by atoms with E-state index < -0.39 is 12.0 Å². The zero-order valence-corrected chi connectivity index (χ0v) is 12.0. The summed E-state index contributed by atoms with van der Waals surface area (Å²) in [6, 6.07) is 10.9. The highest BCUT2D eigenvalue weighted by molar-refractivity contribution is 5.88. The molecule has 1 amide bonds. The second-order valence-corrected chi connectivity index (χ2v) is 4.59. The number of amides is 1. The van der Waals surface area contributed by atoms with Crippen molar-refractivity contribution in [3.05, 3.63) is 54.4 Å². The third-order valence-electron chi connectivity index (χ3n) is 3.21. The van der Waals surface area contributed by atoms with E-state index in [1.165, 1.54) is 12.0 Å². The second kappa shape index (κ2) is 7.21. The molecule has 1 N–H and O–H groups in total. The maximum atomic E-state index is 11.6. The van der Waals surface area contributed by atoms with Crippen LogP contribution in [0.25, 0.3) is 0 Å². The van der Waals surface area contributed by atoms with Crippen molar-refractivity contribution < 1.29 is 19.4 Å². The first-order valence-electron chi connectivity index (χ1n) is 6.66. The van der Waals surface area contributed by atoms with Crippen LogP contribution in [0.5, 0.6) is 5.75 Å². The van der Waals surface area contributed by atoms with Gasteiger partial charge in [-0.25, -0.2) is 4.79 Å². The Kier molecular flexibility index (Phi) is 5.08. The van der Waals surface area contributed by atoms with Gasteiger partial charge in [0.2, 0.25) is 6.41 Å². The molecular formula is C16H16N2O4. The van der Waals surface area contributed by atoms with Crippen LogP contribution in [0.3, 0.4) is 0 Å². The monoisotopic (exact) mass is 300 g/mol. The molecule has 0 fully saturated rings. The molecule has 1 heterocycles. The van der Waals surface area contributed by atoms with Gasteiger partial charge in [0.05, 0.1) is 7.11 Å². The maximum Gasteiger partial charge on any atom is 0.327 e. The molecule has 0 saturated carbocycles. The highest BCUT2D eigenvalue weighted by Crippen LogP contribution is 2.23. The number of rotatable bonds is 7. The topological polar surface area (TPSA) is 79.7 Å². The molecule has 6 nitrogen and oxygen atoms in total. The van der Waals surface area contributed by atoms with E-state index in [4.69, 9.17) is 4.74 Å². The molecule has 0 aliphatic heterocycles. The predicted octanol–water partition coefficient (Wildman–Crippen LogP) is 1.75. The number of nitrogens with zero attached hydrogens (tertiary/aromatic N) is 2. The number of carbonyl (C=O) groups excluding carboxylic acids is 1. The molecule has 0 spiro atoms. The van der Waals surface area contributed by atoms with Gasteiger partial charge in [0, 0.05) is 30.1 Å². The van der Waals surface area contributed by atoms with Crippen LogP contribution in [0.4, 0.5) is 5.69 Å². The van der Waals surface area contributed by atoms with Crippen molar-refractivity contribution in [3.63, 3.8) is 0 Å². The number of carboxylic acids is 1. The van der Waals surface area contributed by atoms with Crippen molar-refractivity contribution in [3.8, 4) is 5.75 Å². The fraction of sp³-hybridized carbons (Fsp3) is 0.188. The summed E-state index contributed by atoms with van der Waals surface area (Å²) in [4.78, 5) is 28.3. The van der Waals surface area contributed by atoms with E-state index in [2.05, 4.69) is 4.98 Å². The van der Waals surface area contributed by atoms with Crippen molar-refractivity contribution in [1.29, 1.82) is 0 Å². The molecule has 2 rings (SSSR count). The number of aromatic nitrogens is 1. The quantitative estimate of drug-likeness (QED) is 0.788. The number of hydrogen-bond acceptors (Lipinski definition) is 4. The van der Waals surface area contributed by atoms with E-state index in [-0.39, 0.29) is 6.42 Å². The first-order chi connectivity index (χ1) is 10.7. The highest BCUT2D eigenvalue weighted by atomic mass is 16.5. The molecule has 0 unspecified atom stereocenters. The van der Waals surface area contributed by atoms with Gasteiger partial charge in [-0.2, -0.15) is 0 Å². The molecule has 6 heteroatoms. The summed E-state index contributed by atoms with van der Waals surface area (Å²) in [7, 11) is 1.51. The van der Waals surface area contributed by atoms with Gasteiger partial charge < -0.3 is 14.7 Å². The van der Waals surface area contributed by atoms with E-state index in [0.29, 0.717) is 23.5 Å². The van der Waals surface area contributed by atoms with Crippen LogP contribution < -0.4 is 9.64 Å². The van der Waals surface area contributed by atoms with Crippen molar-refractivity contribution in [1.82, 2.24) is 4.98 Å². The lowest BCUT2D eigenvalue weighted by molar-refractivity contribution is -0.139. The number of benzene rings is 1. The molecule has 0 bridgehead atoms. The first kappa shape index (κ1) is 15.5. The van der Waals surface area contributed by atoms with Crippen LogP contribution in [0.15, 0.2) is 48.7 Å². The van der Waals surface area contributed by atoms with Crippen LogP contribution in [0.1, 0.15) is 5.69 Å². The minimum atomic E-state index is -1.10. The number of carboxylic acid groups (broad SMARTS) is 1. The predicted molar refractivity (Wildman–Crippen MR) is 80.9 cm³/mol. The summed E-state index contributed by atoms with van der Waals surface area (Å²) in [6.07, 6.45) is 2.22. The van der Waals surface area contributed by atoms with Crippen LogP contribution in [0.2, 0.25) is 0 Å². The van der Waals surface area contributed by atoms with Gasteiger partial charge in [0.15, 0.2) is 0 Å². The van der Waals surface area contributed by atoms with E-state index in [1.807, 2.05) is 0 Å². The maximum absolute atomic E-state index is 11.6. The van der Waals surface area contributed by atoms with Crippen molar-refractivity contribution in [2.24, 2.45) is 0 Å². The summed E-state index contributed by atoms with van der Waals surface area (Å²) in [6.45, 7) is 0. The Balaban J connectivity index is 2.31. The van der Waals surface area contributed by atoms with Gasteiger partial charge in [-0.05, 0) is 24.3 Å². The summed E-state index contributed by atoms with van der Waals surface area (Å²) in [5.74, 6) is -0.549. The molecule has 2 aromatic rings. The Hall–Kier alpha value is -2.89. The van der Waals surface area contributed by atoms with Gasteiger partial charge >= 0.3 is 5.97 Å². The van der Waals surface area contributed by atoms with Crippen LogP contribution in [0, 0.1) is 0 Å². The fourth-order valence-corrected chi connectivity index (χ4v) is 2.11.